The first-order chi connectivity index (χ1) is 8.60. The van der Waals surface area contributed by atoms with E-state index in [9.17, 15) is 9.59 Å². The summed E-state index contributed by atoms with van der Waals surface area (Å²) in [5, 5.41) is 2.88. The maximum absolute atomic E-state index is 11.9. The Hall–Kier alpha value is -1.84. The van der Waals surface area contributed by atoms with Gasteiger partial charge in [0, 0.05) is 0 Å². The van der Waals surface area contributed by atoms with Crippen molar-refractivity contribution in [2.75, 3.05) is 0 Å². The molecule has 2 amide bonds. The predicted octanol–water partition coefficient (Wildman–Crippen LogP) is 1.77. The Bertz CT molecular complexity index is 404. The molecule has 1 rings (SSSR count). The molecule has 0 spiro atoms. The molecule has 98 valence electrons. The highest BCUT2D eigenvalue weighted by Gasteiger charge is 2.24. The van der Waals surface area contributed by atoms with Gasteiger partial charge < -0.3 is 11.1 Å². The smallest absolute Gasteiger partial charge is 0.233 e. The maximum atomic E-state index is 11.9. The lowest BCUT2D eigenvalue weighted by Crippen LogP contribution is -2.40. The predicted molar refractivity (Wildman–Crippen MR) is 70.6 cm³/mol. The molecule has 3 N–H and O–H groups in total. The quantitative estimate of drug-likeness (QED) is 0.753. The number of hydrogen-bond acceptors (Lipinski definition) is 2. The summed E-state index contributed by atoms with van der Waals surface area (Å²) in [5.74, 6) is -1.61. The minimum atomic E-state index is -0.747. The molecule has 0 unspecified atom stereocenters. The molecule has 0 heterocycles. The molecule has 0 aliphatic carbocycles. The van der Waals surface area contributed by atoms with Crippen molar-refractivity contribution in [3.63, 3.8) is 0 Å². The molecular formula is C14H20N2O2. The van der Waals surface area contributed by atoms with Gasteiger partial charge in [-0.1, -0.05) is 44.2 Å². The Morgan fingerprint density at radius 2 is 1.78 bits per heavy atom. The standard InChI is InChI=1S/C14H20N2O2/c1-3-11(13(15)17)14(18)16-12(4-2)10-8-6-5-7-9-10/h5-9,11-12H,3-4H2,1-2H3,(H2,15,17)(H,16,18)/t11-,12-/m1/s1. The highest BCUT2D eigenvalue weighted by Crippen LogP contribution is 2.17. The average Bonchev–Trinajstić information content (AvgIpc) is 2.37. The second-order valence-corrected chi connectivity index (χ2v) is 4.24. The summed E-state index contributed by atoms with van der Waals surface area (Å²) in [6, 6.07) is 9.62. The zero-order valence-electron chi connectivity index (χ0n) is 10.8. The number of rotatable bonds is 6. The highest BCUT2D eigenvalue weighted by molar-refractivity contribution is 5.99. The lowest BCUT2D eigenvalue weighted by molar-refractivity contribution is -0.134. The lowest BCUT2D eigenvalue weighted by atomic mass is 10.0. The van der Waals surface area contributed by atoms with Crippen LogP contribution in [0.3, 0.4) is 0 Å². The van der Waals surface area contributed by atoms with Gasteiger partial charge in [0.05, 0.1) is 6.04 Å². The molecule has 1 aromatic carbocycles. The zero-order valence-corrected chi connectivity index (χ0v) is 10.8. The molecule has 0 aliphatic heterocycles. The van der Waals surface area contributed by atoms with Gasteiger partial charge in [-0.25, -0.2) is 0 Å². The van der Waals surface area contributed by atoms with E-state index in [-0.39, 0.29) is 11.9 Å². The monoisotopic (exact) mass is 248 g/mol. The molecule has 0 saturated heterocycles. The van der Waals surface area contributed by atoms with Crippen LogP contribution < -0.4 is 11.1 Å². The Morgan fingerprint density at radius 3 is 2.22 bits per heavy atom. The minimum Gasteiger partial charge on any atom is -0.369 e. The van der Waals surface area contributed by atoms with Crippen LogP contribution in [-0.4, -0.2) is 11.8 Å². The first kappa shape index (κ1) is 14.2. The van der Waals surface area contributed by atoms with Crippen LogP contribution in [0.25, 0.3) is 0 Å². The first-order valence-electron chi connectivity index (χ1n) is 6.24. The normalized spacial score (nSPS) is 13.7. The highest BCUT2D eigenvalue weighted by atomic mass is 16.2. The Labute approximate surface area is 108 Å². The largest absolute Gasteiger partial charge is 0.369 e. The molecular weight excluding hydrogens is 228 g/mol. The number of benzene rings is 1. The molecule has 18 heavy (non-hydrogen) atoms. The lowest BCUT2D eigenvalue weighted by Gasteiger charge is -2.20. The topological polar surface area (TPSA) is 72.2 Å². The van der Waals surface area contributed by atoms with E-state index >= 15 is 0 Å². The molecule has 0 saturated carbocycles. The van der Waals surface area contributed by atoms with Crippen LogP contribution >= 0.6 is 0 Å². The Kier molecular flexibility index (Phi) is 5.36. The van der Waals surface area contributed by atoms with Gasteiger partial charge >= 0.3 is 0 Å². The van der Waals surface area contributed by atoms with Crippen LogP contribution in [0.15, 0.2) is 30.3 Å². The van der Waals surface area contributed by atoms with Crippen molar-refractivity contribution in [1.29, 1.82) is 0 Å². The number of amides is 2. The summed E-state index contributed by atoms with van der Waals surface area (Å²) in [7, 11) is 0. The molecule has 0 bridgehead atoms. The van der Waals surface area contributed by atoms with Gasteiger partial charge in [-0.05, 0) is 18.4 Å². The third-order valence-electron chi connectivity index (χ3n) is 2.99. The SMILES string of the molecule is CC[C@H](C(N)=O)C(=O)N[C@H](CC)c1ccccc1. The van der Waals surface area contributed by atoms with E-state index in [0.29, 0.717) is 6.42 Å². The van der Waals surface area contributed by atoms with Gasteiger partial charge in [0.2, 0.25) is 11.8 Å². The van der Waals surface area contributed by atoms with Crippen molar-refractivity contribution in [2.45, 2.75) is 32.7 Å². The fraction of sp³-hybridized carbons (Fsp3) is 0.429. The second kappa shape index (κ2) is 6.79. The van der Waals surface area contributed by atoms with Crippen molar-refractivity contribution in [1.82, 2.24) is 5.32 Å². The van der Waals surface area contributed by atoms with Gasteiger partial charge in [-0.2, -0.15) is 0 Å². The van der Waals surface area contributed by atoms with E-state index in [1.165, 1.54) is 0 Å². The van der Waals surface area contributed by atoms with E-state index in [1.54, 1.807) is 6.92 Å². The first-order valence-corrected chi connectivity index (χ1v) is 6.24. The zero-order chi connectivity index (χ0) is 13.5. The van der Waals surface area contributed by atoms with Crippen LogP contribution in [0.4, 0.5) is 0 Å². The summed E-state index contributed by atoms with van der Waals surface area (Å²) in [5.41, 5.74) is 6.24. The third-order valence-corrected chi connectivity index (χ3v) is 2.99. The molecule has 4 nitrogen and oxygen atoms in total. The van der Waals surface area contributed by atoms with Crippen molar-refractivity contribution in [3.8, 4) is 0 Å². The fourth-order valence-electron chi connectivity index (χ4n) is 1.89. The number of carbonyl (C=O) groups excluding carboxylic acids is 2. The number of nitrogens with two attached hydrogens (primary N) is 1. The molecule has 2 atom stereocenters. The molecule has 4 heteroatoms. The molecule has 0 aromatic heterocycles. The number of nitrogens with one attached hydrogen (secondary N) is 1. The Morgan fingerprint density at radius 1 is 1.17 bits per heavy atom. The summed E-state index contributed by atoms with van der Waals surface area (Å²) in [6.45, 7) is 3.77. The fourth-order valence-corrected chi connectivity index (χ4v) is 1.89. The van der Waals surface area contributed by atoms with Crippen LogP contribution in [0.2, 0.25) is 0 Å². The van der Waals surface area contributed by atoms with Crippen LogP contribution in [0, 0.1) is 5.92 Å². The summed E-state index contributed by atoms with van der Waals surface area (Å²) >= 11 is 0. The molecule has 1 aromatic rings. The van der Waals surface area contributed by atoms with Crippen LogP contribution in [-0.2, 0) is 9.59 Å². The van der Waals surface area contributed by atoms with E-state index < -0.39 is 11.8 Å². The summed E-state index contributed by atoms with van der Waals surface area (Å²) < 4.78 is 0. The Balaban J connectivity index is 2.75. The van der Waals surface area contributed by atoms with Gasteiger partial charge in [-0.15, -0.1) is 0 Å². The van der Waals surface area contributed by atoms with E-state index in [0.717, 1.165) is 12.0 Å². The third kappa shape index (κ3) is 3.58. The second-order valence-electron chi connectivity index (χ2n) is 4.24. The number of hydrogen-bond donors (Lipinski definition) is 2. The van der Waals surface area contributed by atoms with E-state index in [4.69, 9.17) is 5.73 Å². The van der Waals surface area contributed by atoms with Crippen molar-refractivity contribution < 1.29 is 9.59 Å². The van der Waals surface area contributed by atoms with Crippen LogP contribution in [0.1, 0.15) is 38.3 Å². The number of primary amides is 1. The van der Waals surface area contributed by atoms with Gasteiger partial charge in [-0.3, -0.25) is 9.59 Å². The maximum Gasteiger partial charge on any atom is 0.233 e. The van der Waals surface area contributed by atoms with Gasteiger partial charge in [0.1, 0.15) is 5.92 Å². The summed E-state index contributed by atoms with van der Waals surface area (Å²) in [4.78, 5) is 23.1. The minimum absolute atomic E-state index is 0.0768. The molecule has 0 fully saturated rings. The van der Waals surface area contributed by atoms with E-state index in [1.807, 2.05) is 37.3 Å². The average molecular weight is 248 g/mol. The van der Waals surface area contributed by atoms with E-state index in [2.05, 4.69) is 5.32 Å². The van der Waals surface area contributed by atoms with Crippen molar-refractivity contribution in [3.05, 3.63) is 35.9 Å². The van der Waals surface area contributed by atoms with Gasteiger partial charge in [0.15, 0.2) is 0 Å². The van der Waals surface area contributed by atoms with Gasteiger partial charge in [0.25, 0.3) is 0 Å². The molecule has 0 radical (unpaired) electrons. The number of carbonyl (C=O) groups is 2. The van der Waals surface area contributed by atoms with Crippen LogP contribution in [0.5, 0.6) is 0 Å². The molecule has 0 aliphatic rings. The van der Waals surface area contributed by atoms with Crippen molar-refractivity contribution in [2.24, 2.45) is 11.7 Å². The summed E-state index contributed by atoms with van der Waals surface area (Å²) in [6.07, 6.45) is 1.19. The van der Waals surface area contributed by atoms with Crippen molar-refractivity contribution >= 4 is 11.8 Å².